The summed E-state index contributed by atoms with van der Waals surface area (Å²) in [6.45, 7) is 4.10. The minimum Gasteiger partial charge on any atom is -0.383 e. The Morgan fingerprint density at radius 3 is 2.68 bits per heavy atom. The number of hydrogen-bond acceptors (Lipinski definition) is 4. The summed E-state index contributed by atoms with van der Waals surface area (Å²) in [6.07, 6.45) is 9.27. The summed E-state index contributed by atoms with van der Waals surface area (Å²) in [5, 5.41) is 2.86. The minimum absolute atomic E-state index is 0.229. The van der Waals surface area contributed by atoms with E-state index in [9.17, 15) is 4.79 Å². The Kier molecular flexibility index (Phi) is 9.37. The maximum absolute atomic E-state index is 12.8. The molecule has 7 heteroatoms. The minimum atomic E-state index is 0.229. The summed E-state index contributed by atoms with van der Waals surface area (Å²) in [5.41, 5.74) is 3.15. The average Bonchev–Trinajstić information content (AvgIpc) is 3.35. The Morgan fingerprint density at radius 1 is 1.16 bits per heavy atom. The third kappa shape index (κ3) is 6.79. The fourth-order valence-corrected chi connectivity index (χ4v) is 4.65. The van der Waals surface area contributed by atoms with Gasteiger partial charge in [0.05, 0.1) is 12.3 Å². The number of fused-ring (bicyclic) bond motifs is 1. The van der Waals surface area contributed by atoms with Crippen molar-refractivity contribution in [3.63, 3.8) is 0 Å². The summed E-state index contributed by atoms with van der Waals surface area (Å²) in [5.74, 6) is 0.229. The molecule has 0 saturated carbocycles. The molecule has 31 heavy (non-hydrogen) atoms. The fraction of sp³-hybridized carbons (Fsp3) is 0.500. The molecule has 168 valence electrons. The summed E-state index contributed by atoms with van der Waals surface area (Å²) >= 11 is 7.63. The van der Waals surface area contributed by atoms with E-state index in [2.05, 4.69) is 22.9 Å². The number of carbonyl (C=O) groups is 1. The normalized spacial score (nSPS) is 11.3. The first-order valence-electron chi connectivity index (χ1n) is 11.1. The summed E-state index contributed by atoms with van der Waals surface area (Å²) in [7, 11) is 1.68. The van der Waals surface area contributed by atoms with Crippen molar-refractivity contribution in [1.82, 2.24) is 14.3 Å². The maximum Gasteiger partial charge on any atom is 0.222 e. The van der Waals surface area contributed by atoms with Gasteiger partial charge in [0.25, 0.3) is 0 Å². The molecule has 2 aromatic heterocycles. The van der Waals surface area contributed by atoms with Crippen LogP contribution in [0.4, 0.5) is 0 Å². The number of ether oxygens (including phenoxy) is 1. The second kappa shape index (κ2) is 12.2. The largest absolute Gasteiger partial charge is 0.383 e. The van der Waals surface area contributed by atoms with Gasteiger partial charge in [0.15, 0.2) is 4.96 Å². The van der Waals surface area contributed by atoms with Crippen molar-refractivity contribution >= 4 is 33.8 Å². The highest BCUT2D eigenvalue weighted by molar-refractivity contribution is 7.15. The average molecular weight is 462 g/mol. The number of amides is 1. The van der Waals surface area contributed by atoms with Gasteiger partial charge in [-0.3, -0.25) is 9.20 Å². The van der Waals surface area contributed by atoms with E-state index < -0.39 is 0 Å². The van der Waals surface area contributed by atoms with Gasteiger partial charge < -0.3 is 9.64 Å². The predicted octanol–water partition coefficient (Wildman–Crippen LogP) is 6.09. The van der Waals surface area contributed by atoms with Crippen molar-refractivity contribution in [2.24, 2.45) is 0 Å². The van der Waals surface area contributed by atoms with Crippen molar-refractivity contribution in [3.8, 4) is 11.3 Å². The molecule has 0 spiro atoms. The number of halogens is 1. The van der Waals surface area contributed by atoms with Crippen LogP contribution in [-0.2, 0) is 16.0 Å². The van der Waals surface area contributed by atoms with Gasteiger partial charge in [-0.2, -0.15) is 0 Å². The number of thiazole rings is 1. The van der Waals surface area contributed by atoms with Crippen LogP contribution in [0, 0.1) is 0 Å². The highest BCUT2D eigenvalue weighted by Gasteiger charge is 2.15. The van der Waals surface area contributed by atoms with E-state index in [0.29, 0.717) is 26.1 Å². The molecule has 0 fully saturated rings. The number of imidazole rings is 1. The topological polar surface area (TPSA) is 46.8 Å². The number of unbranched alkanes of at least 4 members (excludes halogenated alkanes) is 4. The quantitative estimate of drug-likeness (QED) is 0.289. The number of nitrogens with zero attached hydrogens (tertiary/aromatic N) is 3. The first-order chi connectivity index (χ1) is 15.1. The zero-order chi connectivity index (χ0) is 22.1. The Morgan fingerprint density at radius 2 is 1.94 bits per heavy atom. The monoisotopic (exact) mass is 461 g/mol. The van der Waals surface area contributed by atoms with Crippen LogP contribution in [0.1, 0.15) is 51.1 Å². The van der Waals surface area contributed by atoms with Crippen LogP contribution in [-0.4, -0.2) is 47.0 Å². The first-order valence-corrected chi connectivity index (χ1v) is 12.4. The van der Waals surface area contributed by atoms with Crippen LogP contribution < -0.4 is 0 Å². The van der Waals surface area contributed by atoms with Crippen LogP contribution in [0.15, 0.2) is 35.8 Å². The lowest BCUT2D eigenvalue weighted by molar-refractivity contribution is -0.132. The van der Waals surface area contributed by atoms with Crippen LogP contribution in [0.3, 0.4) is 0 Å². The van der Waals surface area contributed by atoms with E-state index in [1.54, 1.807) is 18.4 Å². The number of methoxy groups -OCH3 is 1. The molecule has 0 atom stereocenters. The van der Waals surface area contributed by atoms with E-state index in [0.717, 1.165) is 40.5 Å². The SMILES string of the molecule is CCCCCCCC(=O)N(CCOC)CCc1csc2nc(-c3ccc(Cl)cc3)cn12. The molecular weight excluding hydrogens is 430 g/mol. The van der Waals surface area contributed by atoms with Crippen LogP contribution in [0.5, 0.6) is 0 Å². The molecule has 0 aliphatic heterocycles. The third-order valence-corrected chi connectivity index (χ3v) is 6.61. The summed E-state index contributed by atoms with van der Waals surface area (Å²) in [6, 6.07) is 7.74. The lowest BCUT2D eigenvalue weighted by atomic mass is 10.1. The number of hydrogen-bond donors (Lipinski definition) is 0. The zero-order valence-corrected chi connectivity index (χ0v) is 20.1. The predicted molar refractivity (Wildman–Crippen MR) is 129 cm³/mol. The van der Waals surface area contributed by atoms with E-state index >= 15 is 0 Å². The summed E-state index contributed by atoms with van der Waals surface area (Å²) in [4.78, 5) is 20.4. The van der Waals surface area contributed by atoms with Crippen LogP contribution in [0.2, 0.25) is 5.02 Å². The van der Waals surface area contributed by atoms with Gasteiger partial charge in [0.2, 0.25) is 5.91 Å². The van der Waals surface area contributed by atoms with E-state index in [1.807, 2.05) is 29.2 Å². The van der Waals surface area contributed by atoms with Gasteiger partial charge in [0, 0.05) is 60.9 Å². The second-order valence-corrected chi connectivity index (χ2v) is 9.07. The molecule has 2 heterocycles. The van der Waals surface area contributed by atoms with Gasteiger partial charge in [-0.05, 0) is 18.6 Å². The molecular formula is C24H32ClN3O2S. The summed E-state index contributed by atoms with van der Waals surface area (Å²) < 4.78 is 7.37. The molecule has 0 aliphatic carbocycles. The standard InChI is InChI=1S/C24H32ClN3O2S/c1-3-4-5-6-7-8-23(29)27(15-16-30-2)14-13-21-18-31-24-26-22(17-28(21)24)19-9-11-20(25)12-10-19/h9-12,17-18H,3-8,13-16H2,1-2H3. The molecule has 0 aliphatic rings. The first kappa shape index (κ1) is 23.8. The lowest BCUT2D eigenvalue weighted by Gasteiger charge is -2.22. The van der Waals surface area contributed by atoms with E-state index in [1.165, 1.54) is 25.0 Å². The maximum atomic E-state index is 12.8. The van der Waals surface area contributed by atoms with E-state index in [4.69, 9.17) is 21.3 Å². The molecule has 5 nitrogen and oxygen atoms in total. The smallest absolute Gasteiger partial charge is 0.222 e. The van der Waals surface area contributed by atoms with Gasteiger partial charge in [-0.25, -0.2) is 4.98 Å². The van der Waals surface area contributed by atoms with Gasteiger partial charge in [0.1, 0.15) is 0 Å². The Balaban J connectivity index is 1.62. The molecule has 3 rings (SSSR count). The molecule has 0 bridgehead atoms. The Labute approximate surface area is 194 Å². The third-order valence-electron chi connectivity index (χ3n) is 5.47. The molecule has 1 aromatic carbocycles. The van der Waals surface area contributed by atoms with Gasteiger partial charge in [-0.1, -0.05) is 56.3 Å². The van der Waals surface area contributed by atoms with Crippen molar-refractivity contribution in [2.45, 2.75) is 51.9 Å². The zero-order valence-electron chi connectivity index (χ0n) is 18.5. The van der Waals surface area contributed by atoms with E-state index in [-0.39, 0.29) is 5.91 Å². The van der Waals surface area contributed by atoms with Crippen molar-refractivity contribution < 1.29 is 9.53 Å². The second-order valence-electron chi connectivity index (χ2n) is 7.80. The van der Waals surface area contributed by atoms with Gasteiger partial charge in [-0.15, -0.1) is 11.3 Å². The number of rotatable bonds is 13. The Bertz CT molecular complexity index is 952. The van der Waals surface area contributed by atoms with Crippen LogP contribution >= 0.6 is 22.9 Å². The highest BCUT2D eigenvalue weighted by atomic mass is 35.5. The van der Waals surface area contributed by atoms with Crippen molar-refractivity contribution in [2.75, 3.05) is 26.8 Å². The molecule has 1 amide bonds. The number of carbonyl (C=O) groups excluding carboxylic acids is 1. The van der Waals surface area contributed by atoms with Crippen molar-refractivity contribution in [1.29, 1.82) is 0 Å². The molecule has 0 unspecified atom stereocenters. The molecule has 0 saturated heterocycles. The fourth-order valence-electron chi connectivity index (χ4n) is 3.62. The lowest BCUT2D eigenvalue weighted by Crippen LogP contribution is -2.35. The van der Waals surface area contributed by atoms with Crippen LogP contribution in [0.25, 0.3) is 16.2 Å². The van der Waals surface area contributed by atoms with Crippen molar-refractivity contribution in [3.05, 3.63) is 46.6 Å². The van der Waals surface area contributed by atoms with Gasteiger partial charge >= 0.3 is 0 Å². The molecule has 3 aromatic rings. The molecule has 0 N–H and O–H groups in total. The molecule has 0 radical (unpaired) electrons. The number of aromatic nitrogens is 2. The Hall–Kier alpha value is -1.89. The highest BCUT2D eigenvalue weighted by Crippen LogP contribution is 2.25. The number of benzene rings is 1.